The lowest BCUT2D eigenvalue weighted by Gasteiger charge is -2.23. The highest BCUT2D eigenvalue weighted by Gasteiger charge is 2.33. The van der Waals surface area contributed by atoms with Crippen LogP contribution in [0, 0.1) is 0 Å². The monoisotopic (exact) mass is 383 g/mol. The Morgan fingerprint density at radius 1 is 1.44 bits per heavy atom. The number of rotatable bonds is 4. The number of nitrogens with zero attached hydrogens (tertiary/aromatic N) is 3. The number of piperidine rings is 1. The Morgan fingerprint density at radius 2 is 2.22 bits per heavy atom. The van der Waals surface area contributed by atoms with Gasteiger partial charge in [0.1, 0.15) is 17.8 Å². The molecule has 2 N–H and O–H groups in total. The fourth-order valence-corrected chi connectivity index (χ4v) is 2.63. The summed E-state index contributed by atoms with van der Waals surface area (Å²) in [6.07, 6.45) is -2.05. The number of hydrogen-bond acceptors (Lipinski definition) is 6. The zero-order valence-electron chi connectivity index (χ0n) is 14.2. The summed E-state index contributed by atoms with van der Waals surface area (Å²) in [6, 6.07) is 0.826. The fraction of sp³-hybridized carbons (Fsp3) is 0.438. The Hall–Kier alpha value is -2.98. The van der Waals surface area contributed by atoms with Gasteiger partial charge >= 0.3 is 6.18 Å². The van der Waals surface area contributed by atoms with Crippen LogP contribution in [0.5, 0.6) is 0 Å². The first-order chi connectivity index (χ1) is 12.7. The van der Waals surface area contributed by atoms with E-state index < -0.39 is 29.9 Å². The molecule has 0 aromatic carbocycles. The molecule has 144 valence electrons. The maximum Gasteiger partial charge on any atom is 0.433 e. The van der Waals surface area contributed by atoms with Crippen molar-refractivity contribution >= 4 is 11.8 Å². The molecule has 3 rings (SSSR count). The number of halogens is 3. The van der Waals surface area contributed by atoms with Crippen LogP contribution in [0.4, 0.5) is 13.2 Å². The third kappa shape index (κ3) is 4.41. The molecule has 0 saturated carbocycles. The summed E-state index contributed by atoms with van der Waals surface area (Å²) in [5, 5.41) is 8.90. The molecule has 1 saturated heterocycles. The maximum atomic E-state index is 12.8. The van der Waals surface area contributed by atoms with Crippen LogP contribution in [0.15, 0.2) is 22.9 Å². The van der Waals surface area contributed by atoms with Gasteiger partial charge in [-0.05, 0) is 31.9 Å². The fourth-order valence-electron chi connectivity index (χ4n) is 2.63. The third-order valence-corrected chi connectivity index (χ3v) is 4.03. The van der Waals surface area contributed by atoms with E-state index in [0.29, 0.717) is 19.3 Å². The van der Waals surface area contributed by atoms with Gasteiger partial charge in [-0.25, -0.2) is 0 Å². The number of alkyl halides is 3. The van der Waals surface area contributed by atoms with E-state index in [4.69, 9.17) is 4.52 Å². The molecule has 2 aromatic heterocycles. The molecule has 1 fully saturated rings. The first-order valence-corrected chi connectivity index (χ1v) is 8.21. The second-order valence-corrected chi connectivity index (χ2v) is 6.13. The Kier molecular flexibility index (Phi) is 5.10. The van der Waals surface area contributed by atoms with E-state index in [0.717, 1.165) is 12.3 Å². The number of amides is 2. The van der Waals surface area contributed by atoms with Crippen LogP contribution in [0.2, 0.25) is 0 Å². The van der Waals surface area contributed by atoms with Crippen LogP contribution < -0.4 is 10.6 Å². The molecule has 0 spiro atoms. The number of carbonyl (C=O) groups excluding carboxylic acids is 2. The van der Waals surface area contributed by atoms with E-state index in [1.165, 1.54) is 6.07 Å². The summed E-state index contributed by atoms with van der Waals surface area (Å²) >= 11 is 0. The van der Waals surface area contributed by atoms with Gasteiger partial charge in [0.25, 0.3) is 0 Å². The summed E-state index contributed by atoms with van der Waals surface area (Å²) < 4.78 is 43.3. The largest absolute Gasteiger partial charge is 0.433 e. The summed E-state index contributed by atoms with van der Waals surface area (Å²) in [5.41, 5.74) is -0.980. The summed E-state index contributed by atoms with van der Waals surface area (Å²) in [5.74, 6) is -0.596. The van der Waals surface area contributed by atoms with Crippen LogP contribution in [0.3, 0.4) is 0 Å². The highest BCUT2D eigenvalue weighted by molar-refractivity contribution is 5.88. The topological polar surface area (TPSA) is 110 Å². The van der Waals surface area contributed by atoms with Crippen molar-refractivity contribution in [2.45, 2.75) is 44.4 Å². The first kappa shape index (κ1) is 18.8. The zero-order valence-corrected chi connectivity index (χ0v) is 14.2. The standard InChI is InChI=1S/C16H16F3N5O3/c1-8(21-14(26)10-3-2-4-12(25)22-10)15-23-13(24-27-15)9-5-6-20-11(7-9)16(17,18)19/h5-8,10H,2-4H2,1H3,(H,21,26)(H,22,25)/t8-,10+/m0/s1. The second kappa shape index (κ2) is 7.33. The van der Waals surface area contributed by atoms with Gasteiger partial charge in [0.2, 0.25) is 23.5 Å². The van der Waals surface area contributed by atoms with Crippen LogP contribution >= 0.6 is 0 Å². The van der Waals surface area contributed by atoms with Crippen molar-refractivity contribution in [1.82, 2.24) is 25.8 Å². The van der Waals surface area contributed by atoms with Gasteiger partial charge in [0.15, 0.2) is 0 Å². The van der Waals surface area contributed by atoms with Gasteiger partial charge in [-0.15, -0.1) is 0 Å². The van der Waals surface area contributed by atoms with Crippen LogP contribution in [-0.4, -0.2) is 33.0 Å². The molecule has 8 nitrogen and oxygen atoms in total. The summed E-state index contributed by atoms with van der Waals surface area (Å²) in [7, 11) is 0. The normalized spacial score (nSPS) is 18.7. The molecule has 27 heavy (non-hydrogen) atoms. The van der Waals surface area contributed by atoms with Crippen molar-refractivity contribution in [1.29, 1.82) is 0 Å². The van der Waals surface area contributed by atoms with Gasteiger partial charge in [0.05, 0.1) is 0 Å². The van der Waals surface area contributed by atoms with Crippen molar-refractivity contribution in [3.63, 3.8) is 0 Å². The van der Waals surface area contributed by atoms with Crippen LogP contribution in [0.25, 0.3) is 11.4 Å². The lowest BCUT2D eigenvalue weighted by Crippen LogP contribution is -2.49. The zero-order chi connectivity index (χ0) is 19.6. The van der Waals surface area contributed by atoms with E-state index in [1.54, 1.807) is 6.92 Å². The second-order valence-electron chi connectivity index (χ2n) is 6.13. The molecular weight excluding hydrogens is 367 g/mol. The van der Waals surface area contributed by atoms with Crippen molar-refractivity contribution in [3.8, 4) is 11.4 Å². The maximum absolute atomic E-state index is 12.8. The Labute approximate surface area is 151 Å². The average Bonchev–Trinajstić information content (AvgIpc) is 3.11. The quantitative estimate of drug-likeness (QED) is 0.836. The summed E-state index contributed by atoms with van der Waals surface area (Å²) in [6.45, 7) is 1.59. The molecule has 0 unspecified atom stereocenters. The van der Waals surface area contributed by atoms with E-state index in [-0.39, 0.29) is 23.2 Å². The van der Waals surface area contributed by atoms with Crippen molar-refractivity contribution in [2.75, 3.05) is 0 Å². The van der Waals surface area contributed by atoms with Gasteiger partial charge in [0, 0.05) is 18.2 Å². The number of nitrogens with one attached hydrogen (secondary N) is 2. The molecule has 2 atom stereocenters. The molecule has 0 aliphatic carbocycles. The lowest BCUT2D eigenvalue weighted by molar-refractivity contribution is -0.141. The van der Waals surface area contributed by atoms with Gasteiger partial charge < -0.3 is 15.2 Å². The van der Waals surface area contributed by atoms with Crippen molar-refractivity contribution in [2.24, 2.45) is 0 Å². The lowest BCUT2D eigenvalue weighted by atomic mass is 10.0. The highest BCUT2D eigenvalue weighted by atomic mass is 19.4. The molecule has 3 heterocycles. The predicted molar refractivity (Wildman–Crippen MR) is 84.9 cm³/mol. The first-order valence-electron chi connectivity index (χ1n) is 8.21. The average molecular weight is 383 g/mol. The molecule has 2 aromatic rings. The Morgan fingerprint density at radius 3 is 2.93 bits per heavy atom. The van der Waals surface area contributed by atoms with Crippen LogP contribution in [0.1, 0.15) is 43.8 Å². The highest BCUT2D eigenvalue weighted by Crippen LogP contribution is 2.30. The third-order valence-electron chi connectivity index (χ3n) is 4.03. The molecule has 2 amide bonds. The molecule has 11 heteroatoms. The molecule has 0 bridgehead atoms. The van der Waals surface area contributed by atoms with E-state index in [1.807, 2.05) is 0 Å². The number of carbonyl (C=O) groups is 2. The smallest absolute Gasteiger partial charge is 0.344 e. The minimum Gasteiger partial charge on any atom is -0.344 e. The predicted octanol–water partition coefficient (Wildman–Crippen LogP) is 2.00. The van der Waals surface area contributed by atoms with Crippen LogP contribution in [-0.2, 0) is 15.8 Å². The van der Waals surface area contributed by atoms with Crippen molar-refractivity contribution < 1.29 is 27.3 Å². The number of hydrogen-bond donors (Lipinski definition) is 2. The Balaban J connectivity index is 1.70. The SMILES string of the molecule is C[C@H](NC(=O)[C@H]1CCCC(=O)N1)c1nc(-c2ccnc(C(F)(F)F)c2)no1. The van der Waals surface area contributed by atoms with E-state index >= 15 is 0 Å². The number of pyridine rings is 1. The molecule has 1 aliphatic heterocycles. The molecule has 1 aliphatic rings. The minimum atomic E-state index is -4.59. The van der Waals surface area contributed by atoms with E-state index in [2.05, 4.69) is 25.8 Å². The van der Waals surface area contributed by atoms with Gasteiger partial charge in [-0.1, -0.05) is 5.16 Å². The number of aromatic nitrogens is 3. The van der Waals surface area contributed by atoms with E-state index in [9.17, 15) is 22.8 Å². The van der Waals surface area contributed by atoms with Gasteiger partial charge in [-0.3, -0.25) is 14.6 Å². The molecule has 0 radical (unpaired) electrons. The van der Waals surface area contributed by atoms with Gasteiger partial charge in [-0.2, -0.15) is 18.2 Å². The Bertz CT molecular complexity index is 852. The minimum absolute atomic E-state index is 0.0332. The molecular formula is C16H16F3N5O3. The summed E-state index contributed by atoms with van der Waals surface area (Å²) in [4.78, 5) is 30.9. The van der Waals surface area contributed by atoms with Crippen molar-refractivity contribution in [3.05, 3.63) is 29.9 Å².